The second kappa shape index (κ2) is 5.38. The summed E-state index contributed by atoms with van der Waals surface area (Å²) in [6.07, 6.45) is 7.76. The standard InChI is InChI=1S/C16H27O3S/c1-15(2)11-8-9-16(15,3)14(18)13(11)20(5)10-6-7-12(17)19-4/h6-7,11,13-14,18H,8-10H2,1-5H3/q+1/b7-6+. The van der Waals surface area contributed by atoms with E-state index in [9.17, 15) is 9.90 Å². The molecule has 2 fully saturated rings. The monoisotopic (exact) mass is 299 g/mol. The molecule has 2 bridgehead atoms. The number of aliphatic hydroxyl groups is 1. The number of hydrogen-bond donors (Lipinski definition) is 1. The molecular formula is C16H27O3S+. The fourth-order valence-electron chi connectivity index (χ4n) is 4.22. The third kappa shape index (κ3) is 2.21. The van der Waals surface area contributed by atoms with Crippen molar-refractivity contribution in [2.45, 2.75) is 45.0 Å². The van der Waals surface area contributed by atoms with Crippen LogP contribution in [-0.4, -0.2) is 41.5 Å². The fourth-order valence-corrected chi connectivity index (χ4v) is 6.62. The Morgan fingerprint density at radius 3 is 2.60 bits per heavy atom. The van der Waals surface area contributed by atoms with Crippen molar-refractivity contribution >= 4 is 16.9 Å². The Hall–Kier alpha value is -0.480. The summed E-state index contributed by atoms with van der Waals surface area (Å²) >= 11 is 0. The van der Waals surface area contributed by atoms with Crippen molar-refractivity contribution in [2.75, 3.05) is 19.1 Å². The summed E-state index contributed by atoms with van der Waals surface area (Å²) < 4.78 is 4.61. The largest absolute Gasteiger partial charge is 0.466 e. The van der Waals surface area contributed by atoms with Crippen molar-refractivity contribution in [3.8, 4) is 0 Å². The molecule has 1 N–H and O–H groups in total. The van der Waals surface area contributed by atoms with Gasteiger partial charge in [0, 0.05) is 17.4 Å². The zero-order chi connectivity index (χ0) is 15.1. The van der Waals surface area contributed by atoms with Gasteiger partial charge in [0.05, 0.1) is 13.4 Å². The third-order valence-electron chi connectivity index (χ3n) is 6.01. The Bertz CT molecular complexity index is 418. The van der Waals surface area contributed by atoms with Crippen LogP contribution in [0, 0.1) is 16.7 Å². The van der Waals surface area contributed by atoms with Crippen LogP contribution in [0.4, 0.5) is 0 Å². The first-order chi connectivity index (χ1) is 9.25. The van der Waals surface area contributed by atoms with Gasteiger partial charge >= 0.3 is 5.97 Å². The Morgan fingerprint density at radius 2 is 2.10 bits per heavy atom. The van der Waals surface area contributed by atoms with Gasteiger partial charge in [-0.25, -0.2) is 4.79 Å². The average Bonchev–Trinajstić information content (AvgIpc) is 2.70. The van der Waals surface area contributed by atoms with Gasteiger partial charge < -0.3 is 9.84 Å². The van der Waals surface area contributed by atoms with Gasteiger partial charge in [0.1, 0.15) is 17.1 Å². The Labute approximate surface area is 125 Å². The van der Waals surface area contributed by atoms with E-state index < -0.39 is 0 Å². The summed E-state index contributed by atoms with van der Waals surface area (Å²) in [6, 6.07) is 0. The van der Waals surface area contributed by atoms with E-state index in [0.717, 1.165) is 12.2 Å². The summed E-state index contributed by atoms with van der Waals surface area (Å²) in [5, 5.41) is 11.2. The van der Waals surface area contributed by atoms with Crippen molar-refractivity contribution in [3.05, 3.63) is 12.2 Å². The lowest BCUT2D eigenvalue weighted by atomic mass is 9.70. The van der Waals surface area contributed by atoms with Crippen LogP contribution in [0.5, 0.6) is 0 Å². The van der Waals surface area contributed by atoms with Gasteiger partial charge in [-0.15, -0.1) is 0 Å². The number of fused-ring (bicyclic) bond motifs is 2. The number of carbonyl (C=O) groups excluding carboxylic acids is 1. The third-order valence-corrected chi connectivity index (χ3v) is 8.25. The van der Waals surface area contributed by atoms with Crippen LogP contribution in [0.15, 0.2) is 12.2 Å². The molecule has 0 aromatic rings. The van der Waals surface area contributed by atoms with Gasteiger partial charge in [-0.2, -0.15) is 0 Å². The molecule has 2 aliphatic carbocycles. The molecule has 2 rings (SSSR count). The first-order valence-electron chi connectivity index (χ1n) is 7.29. The molecule has 20 heavy (non-hydrogen) atoms. The smallest absolute Gasteiger partial charge is 0.330 e. The maximum atomic E-state index is 11.1. The lowest BCUT2D eigenvalue weighted by Crippen LogP contribution is -2.43. The average molecular weight is 299 g/mol. The highest BCUT2D eigenvalue weighted by molar-refractivity contribution is 7.97. The van der Waals surface area contributed by atoms with Crippen LogP contribution in [0.2, 0.25) is 0 Å². The highest BCUT2D eigenvalue weighted by atomic mass is 32.2. The molecule has 0 heterocycles. The molecule has 0 aromatic heterocycles. The lowest BCUT2D eigenvalue weighted by Gasteiger charge is -2.36. The molecule has 0 radical (unpaired) electrons. The summed E-state index contributed by atoms with van der Waals surface area (Å²) in [6.45, 7) is 6.88. The Kier molecular flexibility index (Phi) is 4.27. The van der Waals surface area contributed by atoms with E-state index in [1.54, 1.807) is 0 Å². The van der Waals surface area contributed by atoms with Crippen molar-refractivity contribution < 1.29 is 14.6 Å². The van der Waals surface area contributed by atoms with Crippen molar-refractivity contribution in [2.24, 2.45) is 16.7 Å². The minimum absolute atomic E-state index is 0.0512. The van der Waals surface area contributed by atoms with Crippen LogP contribution < -0.4 is 0 Å². The van der Waals surface area contributed by atoms with E-state index in [1.165, 1.54) is 19.6 Å². The molecule has 114 valence electrons. The van der Waals surface area contributed by atoms with Gasteiger partial charge in [0.15, 0.2) is 0 Å². The number of aliphatic hydroxyl groups excluding tert-OH is 1. The summed E-state index contributed by atoms with van der Waals surface area (Å²) in [5.74, 6) is 1.14. The number of methoxy groups -OCH3 is 1. The molecule has 5 atom stereocenters. The molecule has 0 aromatic carbocycles. The van der Waals surface area contributed by atoms with E-state index in [0.29, 0.717) is 11.2 Å². The van der Waals surface area contributed by atoms with Crippen molar-refractivity contribution in [1.29, 1.82) is 0 Å². The van der Waals surface area contributed by atoms with E-state index >= 15 is 0 Å². The summed E-state index contributed by atoms with van der Waals surface area (Å²) in [7, 11) is 1.48. The first-order valence-corrected chi connectivity index (χ1v) is 9.16. The maximum absolute atomic E-state index is 11.1. The van der Waals surface area contributed by atoms with Crippen LogP contribution in [0.25, 0.3) is 0 Å². The zero-order valence-electron chi connectivity index (χ0n) is 13.2. The van der Waals surface area contributed by atoms with Crippen LogP contribution in [0.1, 0.15) is 33.6 Å². The lowest BCUT2D eigenvalue weighted by molar-refractivity contribution is -0.134. The summed E-state index contributed by atoms with van der Waals surface area (Å²) in [4.78, 5) is 11.1. The van der Waals surface area contributed by atoms with E-state index in [1.807, 2.05) is 6.08 Å². The summed E-state index contributed by atoms with van der Waals surface area (Å²) in [5.41, 5.74) is 0.264. The SMILES string of the molecule is COC(=O)/C=C/C[S+](C)C1C2CCC(C)(C1O)C2(C)C. The van der Waals surface area contributed by atoms with Crippen LogP contribution >= 0.6 is 0 Å². The highest BCUT2D eigenvalue weighted by Gasteiger charge is 2.69. The number of rotatable bonds is 4. The molecule has 2 aliphatic rings. The number of hydrogen-bond acceptors (Lipinski definition) is 3. The molecule has 0 amide bonds. The van der Waals surface area contributed by atoms with E-state index in [-0.39, 0.29) is 33.8 Å². The molecule has 3 nitrogen and oxygen atoms in total. The zero-order valence-corrected chi connectivity index (χ0v) is 14.0. The highest BCUT2D eigenvalue weighted by Crippen LogP contribution is 2.66. The van der Waals surface area contributed by atoms with Crippen molar-refractivity contribution in [1.82, 2.24) is 0 Å². The number of ether oxygens (including phenoxy) is 1. The minimum Gasteiger partial charge on any atom is -0.466 e. The molecule has 4 heteroatoms. The van der Waals surface area contributed by atoms with Gasteiger partial charge in [0.2, 0.25) is 0 Å². The number of esters is 1. The Balaban J connectivity index is 2.07. The fraction of sp³-hybridized carbons (Fsp3) is 0.812. The van der Waals surface area contributed by atoms with E-state index in [2.05, 4.69) is 31.8 Å². The predicted molar refractivity (Wildman–Crippen MR) is 83.7 cm³/mol. The molecule has 5 unspecified atom stereocenters. The molecule has 0 aliphatic heterocycles. The predicted octanol–water partition coefficient (Wildman–Crippen LogP) is 2.15. The van der Waals surface area contributed by atoms with Gasteiger partial charge in [-0.3, -0.25) is 0 Å². The van der Waals surface area contributed by atoms with Crippen LogP contribution in [0.3, 0.4) is 0 Å². The molecule has 2 saturated carbocycles. The molecule has 0 saturated heterocycles. The van der Waals surface area contributed by atoms with Crippen molar-refractivity contribution in [3.63, 3.8) is 0 Å². The first kappa shape index (κ1) is 15.9. The maximum Gasteiger partial charge on any atom is 0.330 e. The minimum atomic E-state index is -0.303. The number of carbonyl (C=O) groups is 1. The van der Waals surface area contributed by atoms with Gasteiger partial charge in [0.25, 0.3) is 0 Å². The van der Waals surface area contributed by atoms with E-state index in [4.69, 9.17) is 0 Å². The normalized spacial score (nSPS) is 40.2. The quantitative estimate of drug-likeness (QED) is 0.491. The van der Waals surface area contributed by atoms with Gasteiger partial charge in [-0.1, -0.05) is 20.8 Å². The Morgan fingerprint density at radius 1 is 1.45 bits per heavy atom. The van der Waals surface area contributed by atoms with Crippen LogP contribution in [-0.2, 0) is 20.4 Å². The molecular weight excluding hydrogens is 272 g/mol. The molecule has 0 spiro atoms. The second-order valence-corrected chi connectivity index (χ2v) is 9.24. The van der Waals surface area contributed by atoms with Gasteiger partial charge in [-0.05, 0) is 35.2 Å². The second-order valence-electron chi connectivity index (χ2n) is 6.98. The topological polar surface area (TPSA) is 46.5 Å².